The molecule has 4 nitrogen and oxygen atoms in total. The predicted molar refractivity (Wildman–Crippen MR) is 68.4 cm³/mol. The molecule has 1 heterocycles. The fraction of sp³-hybridized carbons (Fsp3) is 0.643. The smallest absolute Gasteiger partial charge is 0.254 e. The summed E-state index contributed by atoms with van der Waals surface area (Å²) >= 11 is 0. The molecule has 1 aliphatic rings. The average molecular weight is 251 g/mol. The van der Waals surface area contributed by atoms with Gasteiger partial charge in [-0.15, -0.1) is 0 Å². The van der Waals surface area contributed by atoms with Gasteiger partial charge in [-0.05, 0) is 25.8 Å². The van der Waals surface area contributed by atoms with Gasteiger partial charge in [0.1, 0.15) is 5.76 Å². The number of furan rings is 1. The normalized spacial score (nSPS) is 19.2. The molecule has 1 amide bonds. The second-order valence-electron chi connectivity index (χ2n) is 5.21. The van der Waals surface area contributed by atoms with Crippen LogP contribution in [-0.4, -0.2) is 23.2 Å². The largest absolute Gasteiger partial charge is 0.469 e. The highest BCUT2D eigenvalue weighted by Gasteiger charge is 2.28. The zero-order valence-corrected chi connectivity index (χ0v) is 10.9. The standard InChI is InChI=1S/C14H21NO3/c1-11-12(6-9-18-11)13(16)15-10-14(17)7-4-2-3-5-8-14/h6,9,17H,2-5,7-8,10H2,1H3,(H,15,16). The zero-order valence-electron chi connectivity index (χ0n) is 10.9. The molecule has 100 valence electrons. The molecule has 2 rings (SSSR count). The third-order valence-corrected chi connectivity index (χ3v) is 3.72. The van der Waals surface area contributed by atoms with E-state index in [1.807, 2.05) is 0 Å². The maximum atomic E-state index is 11.9. The van der Waals surface area contributed by atoms with E-state index < -0.39 is 5.60 Å². The first kappa shape index (κ1) is 13.1. The van der Waals surface area contributed by atoms with Crippen molar-refractivity contribution in [2.45, 2.75) is 51.0 Å². The highest BCUT2D eigenvalue weighted by molar-refractivity contribution is 5.95. The van der Waals surface area contributed by atoms with Crippen LogP contribution in [0.3, 0.4) is 0 Å². The molecule has 1 aliphatic carbocycles. The first-order valence-corrected chi connectivity index (χ1v) is 6.65. The van der Waals surface area contributed by atoms with E-state index in [9.17, 15) is 9.90 Å². The van der Waals surface area contributed by atoms with Gasteiger partial charge in [0.2, 0.25) is 0 Å². The van der Waals surface area contributed by atoms with Gasteiger partial charge >= 0.3 is 0 Å². The van der Waals surface area contributed by atoms with E-state index in [1.54, 1.807) is 13.0 Å². The van der Waals surface area contributed by atoms with E-state index in [4.69, 9.17) is 4.42 Å². The van der Waals surface area contributed by atoms with Crippen molar-refractivity contribution < 1.29 is 14.3 Å². The Morgan fingerprint density at radius 1 is 1.39 bits per heavy atom. The van der Waals surface area contributed by atoms with Crippen molar-refractivity contribution in [3.05, 3.63) is 23.7 Å². The quantitative estimate of drug-likeness (QED) is 0.811. The molecule has 1 saturated carbocycles. The van der Waals surface area contributed by atoms with E-state index in [2.05, 4.69) is 5.32 Å². The molecular weight excluding hydrogens is 230 g/mol. The minimum absolute atomic E-state index is 0.168. The molecule has 0 aromatic carbocycles. The highest BCUT2D eigenvalue weighted by Crippen LogP contribution is 2.26. The number of aliphatic hydroxyl groups is 1. The Hall–Kier alpha value is -1.29. The van der Waals surface area contributed by atoms with E-state index in [-0.39, 0.29) is 5.91 Å². The maximum Gasteiger partial charge on any atom is 0.254 e. The summed E-state index contributed by atoms with van der Waals surface area (Å²) in [6.07, 6.45) is 7.49. The van der Waals surface area contributed by atoms with Crippen LogP contribution in [0.25, 0.3) is 0 Å². The first-order valence-electron chi connectivity index (χ1n) is 6.65. The third-order valence-electron chi connectivity index (χ3n) is 3.72. The van der Waals surface area contributed by atoms with Gasteiger partial charge < -0.3 is 14.8 Å². The van der Waals surface area contributed by atoms with Gasteiger partial charge in [0.15, 0.2) is 0 Å². The van der Waals surface area contributed by atoms with Crippen molar-refractivity contribution in [3.8, 4) is 0 Å². The number of carbonyl (C=O) groups excluding carboxylic acids is 1. The van der Waals surface area contributed by atoms with Crippen LogP contribution in [0.15, 0.2) is 16.7 Å². The number of hydrogen-bond acceptors (Lipinski definition) is 3. The van der Waals surface area contributed by atoms with Crippen LogP contribution < -0.4 is 5.32 Å². The van der Waals surface area contributed by atoms with E-state index in [0.29, 0.717) is 17.9 Å². The summed E-state index contributed by atoms with van der Waals surface area (Å²) in [5.41, 5.74) is -0.184. The minimum atomic E-state index is -0.732. The number of carbonyl (C=O) groups is 1. The Balaban J connectivity index is 1.90. The van der Waals surface area contributed by atoms with Gasteiger partial charge in [-0.1, -0.05) is 25.7 Å². The molecule has 0 aliphatic heterocycles. The predicted octanol–water partition coefficient (Wildman–Crippen LogP) is 2.40. The van der Waals surface area contributed by atoms with Crippen LogP contribution in [0.1, 0.15) is 54.6 Å². The second-order valence-corrected chi connectivity index (χ2v) is 5.21. The Kier molecular flexibility index (Phi) is 4.07. The summed E-state index contributed by atoms with van der Waals surface area (Å²) in [6.45, 7) is 2.09. The molecule has 0 unspecified atom stereocenters. The van der Waals surface area contributed by atoms with E-state index in [1.165, 1.54) is 19.1 Å². The van der Waals surface area contributed by atoms with Crippen LogP contribution in [0.2, 0.25) is 0 Å². The molecule has 0 saturated heterocycles. The Bertz CT molecular complexity index is 403. The number of amides is 1. The van der Waals surface area contributed by atoms with Gasteiger partial charge in [-0.25, -0.2) is 0 Å². The molecule has 0 spiro atoms. The van der Waals surface area contributed by atoms with Crippen molar-refractivity contribution in [2.75, 3.05) is 6.54 Å². The van der Waals surface area contributed by atoms with Gasteiger partial charge in [-0.3, -0.25) is 4.79 Å². The van der Waals surface area contributed by atoms with Crippen molar-refractivity contribution in [1.29, 1.82) is 0 Å². The van der Waals surface area contributed by atoms with Crippen molar-refractivity contribution in [2.24, 2.45) is 0 Å². The fourth-order valence-corrected chi connectivity index (χ4v) is 2.52. The van der Waals surface area contributed by atoms with E-state index >= 15 is 0 Å². The lowest BCUT2D eigenvalue weighted by molar-refractivity contribution is 0.0246. The van der Waals surface area contributed by atoms with E-state index in [0.717, 1.165) is 25.7 Å². The average Bonchev–Trinajstić information content (AvgIpc) is 2.65. The number of rotatable bonds is 3. The van der Waals surface area contributed by atoms with Crippen LogP contribution in [0.5, 0.6) is 0 Å². The van der Waals surface area contributed by atoms with Gasteiger partial charge in [0, 0.05) is 6.54 Å². The first-order chi connectivity index (χ1) is 8.61. The lowest BCUT2D eigenvalue weighted by atomic mass is 9.94. The molecule has 0 radical (unpaired) electrons. The number of nitrogens with one attached hydrogen (secondary N) is 1. The summed E-state index contributed by atoms with van der Waals surface area (Å²) < 4.78 is 5.10. The monoisotopic (exact) mass is 251 g/mol. The van der Waals surface area contributed by atoms with Crippen LogP contribution >= 0.6 is 0 Å². The summed E-state index contributed by atoms with van der Waals surface area (Å²) in [5, 5.41) is 13.2. The molecular formula is C14H21NO3. The Morgan fingerprint density at radius 2 is 2.06 bits per heavy atom. The molecule has 0 bridgehead atoms. The summed E-state index contributed by atoms with van der Waals surface area (Å²) in [5.74, 6) is 0.444. The number of aryl methyl sites for hydroxylation is 1. The molecule has 0 atom stereocenters. The van der Waals surface area contributed by atoms with Crippen LogP contribution in [0.4, 0.5) is 0 Å². The lowest BCUT2D eigenvalue weighted by Gasteiger charge is -2.26. The minimum Gasteiger partial charge on any atom is -0.469 e. The van der Waals surface area contributed by atoms with Crippen molar-refractivity contribution in [1.82, 2.24) is 5.32 Å². The lowest BCUT2D eigenvalue weighted by Crippen LogP contribution is -2.42. The highest BCUT2D eigenvalue weighted by atomic mass is 16.3. The van der Waals surface area contributed by atoms with Gasteiger partial charge in [0.05, 0.1) is 17.4 Å². The summed E-state index contributed by atoms with van der Waals surface area (Å²) in [6, 6.07) is 1.65. The molecule has 18 heavy (non-hydrogen) atoms. The Morgan fingerprint density at radius 3 is 2.61 bits per heavy atom. The molecule has 4 heteroatoms. The fourth-order valence-electron chi connectivity index (χ4n) is 2.52. The van der Waals surface area contributed by atoms with Gasteiger partial charge in [0.25, 0.3) is 5.91 Å². The number of hydrogen-bond donors (Lipinski definition) is 2. The molecule has 1 aromatic heterocycles. The molecule has 2 N–H and O–H groups in total. The maximum absolute atomic E-state index is 11.9. The zero-order chi connectivity index (χ0) is 13.0. The Labute approximate surface area is 107 Å². The van der Waals surface area contributed by atoms with Crippen molar-refractivity contribution >= 4 is 5.91 Å². The SMILES string of the molecule is Cc1occc1C(=O)NCC1(O)CCCCCC1. The summed E-state index contributed by atoms with van der Waals surface area (Å²) in [4.78, 5) is 11.9. The van der Waals surface area contributed by atoms with Crippen LogP contribution in [0, 0.1) is 6.92 Å². The third kappa shape index (κ3) is 3.13. The van der Waals surface area contributed by atoms with Gasteiger partial charge in [-0.2, -0.15) is 0 Å². The summed E-state index contributed by atoms with van der Waals surface area (Å²) in [7, 11) is 0. The van der Waals surface area contributed by atoms with Crippen LogP contribution in [-0.2, 0) is 0 Å². The molecule has 1 fully saturated rings. The van der Waals surface area contributed by atoms with Crippen molar-refractivity contribution in [3.63, 3.8) is 0 Å². The second kappa shape index (κ2) is 5.57. The topological polar surface area (TPSA) is 62.5 Å². The molecule has 1 aromatic rings.